The van der Waals surface area contributed by atoms with Gasteiger partial charge in [-0.1, -0.05) is 83.9 Å². The molecule has 0 fully saturated rings. The van der Waals surface area contributed by atoms with Crippen LogP contribution in [0.25, 0.3) is 16.7 Å². The molecule has 0 radical (unpaired) electrons. The van der Waals surface area contributed by atoms with Crippen LogP contribution in [-0.2, 0) is 16.1 Å². The van der Waals surface area contributed by atoms with Crippen molar-refractivity contribution in [3.05, 3.63) is 99.5 Å². The van der Waals surface area contributed by atoms with Crippen molar-refractivity contribution in [1.82, 2.24) is 9.80 Å². The monoisotopic (exact) mass is 578 g/mol. The lowest BCUT2D eigenvalue weighted by Gasteiger charge is -2.35. The Balaban J connectivity index is 1.77. The van der Waals surface area contributed by atoms with Crippen molar-refractivity contribution in [2.45, 2.75) is 59.2 Å². The summed E-state index contributed by atoms with van der Waals surface area (Å²) in [6, 6.07) is 23.7. The third-order valence-corrected chi connectivity index (χ3v) is 7.69. The predicted molar refractivity (Wildman–Crippen MR) is 163 cm³/mol. The highest BCUT2D eigenvalue weighted by molar-refractivity contribution is 6.42. The minimum Gasteiger partial charge on any atom is -0.444 e. The van der Waals surface area contributed by atoms with Crippen molar-refractivity contribution >= 4 is 40.8 Å². The fourth-order valence-corrected chi connectivity index (χ4v) is 5.17. The van der Waals surface area contributed by atoms with Gasteiger partial charge in [-0.05, 0) is 81.0 Å². The van der Waals surface area contributed by atoms with Crippen LogP contribution >= 0.6 is 23.2 Å². The van der Waals surface area contributed by atoms with Crippen LogP contribution in [0.3, 0.4) is 0 Å². The lowest BCUT2D eigenvalue weighted by molar-refractivity contribution is -0.129. The molecule has 0 saturated heterocycles. The summed E-state index contributed by atoms with van der Waals surface area (Å²) in [5.74, 6) is -0.139. The van der Waals surface area contributed by atoms with Crippen molar-refractivity contribution in [3.8, 4) is 11.1 Å². The molecule has 1 aliphatic heterocycles. The smallest absolute Gasteiger partial charge is 0.410 e. The Labute approximate surface area is 247 Å². The summed E-state index contributed by atoms with van der Waals surface area (Å²) in [5, 5.41) is 0.883. The van der Waals surface area contributed by atoms with Crippen LogP contribution in [0.4, 0.5) is 4.79 Å². The summed E-state index contributed by atoms with van der Waals surface area (Å²) in [5.41, 5.74) is 4.78. The number of hydrogen-bond acceptors (Lipinski definition) is 3. The summed E-state index contributed by atoms with van der Waals surface area (Å²) in [6.45, 7) is 10.4. The van der Waals surface area contributed by atoms with Gasteiger partial charge in [-0.3, -0.25) is 4.79 Å². The number of benzene rings is 3. The molecule has 40 heavy (non-hydrogen) atoms. The van der Waals surface area contributed by atoms with E-state index in [1.807, 2.05) is 77.1 Å². The highest BCUT2D eigenvalue weighted by Gasteiger charge is 2.33. The van der Waals surface area contributed by atoms with E-state index in [1.165, 1.54) is 0 Å². The molecule has 7 heteroatoms. The molecule has 0 saturated carbocycles. The Morgan fingerprint density at radius 2 is 1.57 bits per heavy atom. The maximum absolute atomic E-state index is 14.3. The first-order chi connectivity index (χ1) is 18.9. The first-order valence-corrected chi connectivity index (χ1v) is 14.3. The summed E-state index contributed by atoms with van der Waals surface area (Å²) in [4.78, 5) is 30.8. The van der Waals surface area contributed by atoms with E-state index in [-0.39, 0.29) is 18.5 Å². The van der Waals surface area contributed by atoms with Gasteiger partial charge in [-0.2, -0.15) is 0 Å². The summed E-state index contributed by atoms with van der Waals surface area (Å²) >= 11 is 12.8. The van der Waals surface area contributed by atoms with E-state index in [4.69, 9.17) is 27.9 Å². The van der Waals surface area contributed by atoms with Gasteiger partial charge in [0.15, 0.2) is 0 Å². The zero-order chi connectivity index (χ0) is 29.0. The third-order valence-electron chi connectivity index (χ3n) is 6.83. The fraction of sp³-hybridized carbons (Fsp3) is 0.333. The van der Waals surface area contributed by atoms with Crippen LogP contribution in [-0.4, -0.2) is 46.5 Å². The first kappa shape index (κ1) is 29.7. The van der Waals surface area contributed by atoms with Crippen molar-refractivity contribution in [2.75, 3.05) is 13.1 Å². The van der Waals surface area contributed by atoms with E-state index in [0.29, 0.717) is 35.1 Å². The topological polar surface area (TPSA) is 49.9 Å². The normalized spacial score (nSPS) is 13.9. The van der Waals surface area contributed by atoms with Crippen LogP contribution < -0.4 is 0 Å². The Hall–Kier alpha value is -3.28. The van der Waals surface area contributed by atoms with Crippen molar-refractivity contribution in [3.63, 3.8) is 0 Å². The Kier molecular flexibility index (Phi) is 9.27. The van der Waals surface area contributed by atoms with Crippen molar-refractivity contribution in [1.29, 1.82) is 0 Å². The molecule has 3 aromatic carbocycles. The van der Waals surface area contributed by atoms with E-state index >= 15 is 0 Å². The van der Waals surface area contributed by atoms with Gasteiger partial charge < -0.3 is 14.5 Å². The standard InChI is InChI=1S/C33H36Cl2N2O3/c1-22(2)37(20-26-15-10-16-29(34)30(26)35)31(38)28-21-36(32(39)40-33(3,4)5)18-17-27(28)25-14-9-13-24(19-25)23-11-7-6-8-12-23/h6-16,19,22H,17-18,20-21H2,1-5H3. The Bertz CT molecular complexity index is 1410. The molecule has 0 aromatic heterocycles. The van der Waals surface area contributed by atoms with E-state index in [0.717, 1.165) is 27.8 Å². The van der Waals surface area contributed by atoms with E-state index < -0.39 is 11.7 Å². The molecule has 1 aliphatic rings. The van der Waals surface area contributed by atoms with E-state index in [2.05, 4.69) is 24.3 Å². The molecule has 1 heterocycles. The van der Waals surface area contributed by atoms with Crippen molar-refractivity contribution < 1.29 is 14.3 Å². The Morgan fingerprint density at radius 3 is 2.25 bits per heavy atom. The summed E-state index contributed by atoms with van der Waals surface area (Å²) < 4.78 is 5.66. The molecule has 0 aliphatic carbocycles. The largest absolute Gasteiger partial charge is 0.444 e. The molecular formula is C33H36Cl2N2O3. The molecule has 0 bridgehead atoms. The minimum atomic E-state index is -0.636. The number of halogens is 2. The van der Waals surface area contributed by atoms with E-state index in [1.54, 1.807) is 15.9 Å². The molecule has 2 amide bonds. The zero-order valence-corrected chi connectivity index (χ0v) is 25.2. The van der Waals surface area contributed by atoms with Gasteiger partial charge >= 0.3 is 6.09 Å². The minimum absolute atomic E-state index is 0.121. The Morgan fingerprint density at radius 1 is 0.925 bits per heavy atom. The van der Waals surface area contributed by atoms with Gasteiger partial charge in [0.05, 0.1) is 16.6 Å². The summed E-state index contributed by atoms with van der Waals surface area (Å²) in [6.07, 6.45) is 0.103. The molecule has 0 N–H and O–H groups in total. The van der Waals surface area contributed by atoms with Crippen LogP contribution in [0.1, 0.15) is 52.2 Å². The number of amides is 2. The number of carbonyl (C=O) groups is 2. The second-order valence-electron chi connectivity index (χ2n) is 11.3. The number of carbonyl (C=O) groups excluding carboxylic acids is 2. The SMILES string of the molecule is CC(C)N(Cc1cccc(Cl)c1Cl)C(=O)C1=C(c2cccc(-c3ccccc3)c2)CCN(C(=O)OC(C)(C)C)C1. The zero-order valence-electron chi connectivity index (χ0n) is 23.7. The molecular weight excluding hydrogens is 543 g/mol. The van der Waals surface area contributed by atoms with Gasteiger partial charge in [0.2, 0.25) is 0 Å². The third kappa shape index (κ3) is 7.07. The second kappa shape index (κ2) is 12.5. The lowest BCUT2D eigenvalue weighted by atomic mass is 9.90. The first-order valence-electron chi connectivity index (χ1n) is 13.5. The van der Waals surface area contributed by atoms with Gasteiger partial charge in [-0.15, -0.1) is 0 Å². The van der Waals surface area contributed by atoms with Gasteiger partial charge in [0.25, 0.3) is 5.91 Å². The fourth-order valence-electron chi connectivity index (χ4n) is 4.79. The molecule has 0 spiro atoms. The summed E-state index contributed by atoms with van der Waals surface area (Å²) in [7, 11) is 0. The molecule has 210 valence electrons. The molecule has 3 aromatic rings. The maximum atomic E-state index is 14.3. The second-order valence-corrected chi connectivity index (χ2v) is 12.1. The average Bonchev–Trinajstić information content (AvgIpc) is 2.92. The number of hydrogen-bond donors (Lipinski definition) is 0. The van der Waals surface area contributed by atoms with Gasteiger partial charge in [0, 0.05) is 24.7 Å². The van der Waals surface area contributed by atoms with Crippen LogP contribution in [0.5, 0.6) is 0 Å². The van der Waals surface area contributed by atoms with Gasteiger partial charge in [0.1, 0.15) is 5.60 Å². The van der Waals surface area contributed by atoms with Crippen LogP contribution in [0.15, 0.2) is 78.4 Å². The van der Waals surface area contributed by atoms with Crippen molar-refractivity contribution in [2.24, 2.45) is 0 Å². The molecule has 5 nitrogen and oxygen atoms in total. The number of rotatable bonds is 6. The van der Waals surface area contributed by atoms with E-state index in [9.17, 15) is 9.59 Å². The number of nitrogens with zero attached hydrogens (tertiary/aromatic N) is 2. The van der Waals surface area contributed by atoms with Gasteiger partial charge in [-0.25, -0.2) is 4.79 Å². The van der Waals surface area contributed by atoms with Crippen LogP contribution in [0, 0.1) is 0 Å². The quantitative estimate of drug-likeness (QED) is 0.294. The molecule has 0 atom stereocenters. The highest BCUT2D eigenvalue weighted by Crippen LogP contribution is 2.34. The molecule has 0 unspecified atom stereocenters. The lowest BCUT2D eigenvalue weighted by Crippen LogP contribution is -2.45. The highest BCUT2D eigenvalue weighted by atomic mass is 35.5. The average molecular weight is 580 g/mol. The van der Waals surface area contributed by atoms with Crippen LogP contribution in [0.2, 0.25) is 10.0 Å². The predicted octanol–water partition coefficient (Wildman–Crippen LogP) is 8.49. The molecule has 4 rings (SSSR count). The maximum Gasteiger partial charge on any atom is 0.410 e. The number of ether oxygens (including phenoxy) is 1.